The molecule has 0 unspecified atom stereocenters. The largest absolute Gasteiger partial charge is 0.380 e. The maximum atomic E-state index is 13.2. The Morgan fingerprint density at radius 3 is 1.65 bits per heavy atom. The van der Waals surface area contributed by atoms with Crippen LogP contribution in [-0.2, 0) is 4.84 Å². The zero-order valence-electron chi connectivity index (χ0n) is 9.61. The maximum absolute atomic E-state index is 13.2. The van der Waals surface area contributed by atoms with Gasteiger partial charge in [-0.2, -0.15) is 26.3 Å². The Kier molecular flexibility index (Phi) is 4.47. The summed E-state index contributed by atoms with van der Waals surface area (Å²) in [6, 6.07) is 0. The Labute approximate surface area is 94.7 Å². The summed E-state index contributed by atoms with van der Waals surface area (Å²) >= 11 is 0. The minimum Gasteiger partial charge on any atom is -0.326 e. The topological polar surface area (TPSA) is 35.2 Å². The molecule has 0 aromatic carbocycles. The van der Waals surface area contributed by atoms with Gasteiger partial charge in [-0.25, -0.2) is 5.90 Å². The standard InChI is InChI=1S/C8H15F6N2O/c1-16(2,3)4-6(9,10)8(13,14)7(11,12)5-17-15/h4-5,15H2,1-3H3/q+1. The Morgan fingerprint density at radius 1 is 0.941 bits per heavy atom. The van der Waals surface area contributed by atoms with Crippen LogP contribution in [0.1, 0.15) is 0 Å². The number of nitrogens with zero attached hydrogens (tertiary/aromatic N) is 1. The summed E-state index contributed by atoms with van der Waals surface area (Å²) in [4.78, 5) is 3.35. The van der Waals surface area contributed by atoms with Crippen molar-refractivity contribution >= 4 is 0 Å². The summed E-state index contributed by atoms with van der Waals surface area (Å²) in [6.07, 6.45) is 0. The fraction of sp³-hybridized carbons (Fsp3) is 1.00. The minimum absolute atomic E-state index is 0.595. The summed E-state index contributed by atoms with van der Waals surface area (Å²) in [5, 5.41) is 0. The molecule has 0 aromatic rings. The SMILES string of the molecule is C[N+](C)(C)CC(F)(F)C(F)(F)C(F)(F)CON. The van der Waals surface area contributed by atoms with Crippen molar-refractivity contribution in [1.82, 2.24) is 0 Å². The van der Waals surface area contributed by atoms with Gasteiger partial charge in [-0.3, -0.25) is 4.84 Å². The number of quaternary nitrogens is 1. The van der Waals surface area contributed by atoms with Gasteiger partial charge in [0.1, 0.15) is 13.2 Å². The van der Waals surface area contributed by atoms with Crippen LogP contribution in [0.5, 0.6) is 0 Å². The van der Waals surface area contributed by atoms with Crippen LogP contribution in [0.3, 0.4) is 0 Å². The summed E-state index contributed by atoms with van der Waals surface area (Å²) < 4.78 is 77.5. The van der Waals surface area contributed by atoms with Gasteiger partial charge in [0, 0.05) is 0 Å². The summed E-state index contributed by atoms with van der Waals surface area (Å²) in [5.41, 5.74) is 0. The molecule has 0 aromatic heterocycles. The average molecular weight is 269 g/mol. The van der Waals surface area contributed by atoms with E-state index in [0.29, 0.717) is 0 Å². The molecule has 0 fully saturated rings. The molecule has 104 valence electrons. The molecule has 2 N–H and O–H groups in total. The third kappa shape index (κ3) is 3.71. The van der Waals surface area contributed by atoms with Crippen LogP contribution in [0.25, 0.3) is 0 Å². The lowest BCUT2D eigenvalue weighted by molar-refractivity contribution is -0.880. The van der Waals surface area contributed by atoms with Gasteiger partial charge < -0.3 is 4.48 Å². The third-order valence-corrected chi connectivity index (χ3v) is 1.86. The fourth-order valence-electron chi connectivity index (χ4n) is 1.16. The molecule has 0 atom stereocenters. The number of alkyl halides is 6. The van der Waals surface area contributed by atoms with Gasteiger partial charge in [-0.1, -0.05) is 0 Å². The van der Waals surface area contributed by atoms with Gasteiger partial charge in [0.25, 0.3) is 0 Å². The predicted octanol–water partition coefficient (Wildman–Crippen LogP) is 1.49. The highest BCUT2D eigenvalue weighted by atomic mass is 19.3. The van der Waals surface area contributed by atoms with Crippen molar-refractivity contribution in [2.45, 2.75) is 17.8 Å². The van der Waals surface area contributed by atoms with E-state index < -0.39 is 35.4 Å². The van der Waals surface area contributed by atoms with Crippen LogP contribution >= 0.6 is 0 Å². The number of hydrogen-bond donors (Lipinski definition) is 1. The first kappa shape index (κ1) is 16.5. The predicted molar refractivity (Wildman–Crippen MR) is 47.9 cm³/mol. The van der Waals surface area contributed by atoms with Gasteiger partial charge in [-0.15, -0.1) is 0 Å². The van der Waals surface area contributed by atoms with Crippen molar-refractivity contribution in [3.63, 3.8) is 0 Å². The van der Waals surface area contributed by atoms with E-state index in [9.17, 15) is 26.3 Å². The summed E-state index contributed by atoms with van der Waals surface area (Å²) in [7, 11) is 3.55. The second-order valence-corrected chi connectivity index (χ2v) is 4.74. The van der Waals surface area contributed by atoms with E-state index >= 15 is 0 Å². The number of nitrogens with two attached hydrogens (primary N) is 1. The Bertz CT molecular complexity index is 263. The number of halogens is 6. The van der Waals surface area contributed by atoms with E-state index in [4.69, 9.17) is 0 Å². The van der Waals surface area contributed by atoms with E-state index in [-0.39, 0.29) is 0 Å². The van der Waals surface area contributed by atoms with Gasteiger partial charge in [-0.05, 0) is 0 Å². The monoisotopic (exact) mass is 269 g/mol. The summed E-state index contributed by atoms with van der Waals surface area (Å²) in [6.45, 7) is -3.42. The number of hydrogen-bond acceptors (Lipinski definition) is 2. The molecule has 0 amide bonds. The van der Waals surface area contributed by atoms with Gasteiger partial charge >= 0.3 is 17.8 Å². The molecular weight excluding hydrogens is 254 g/mol. The first-order chi connectivity index (χ1) is 7.27. The fourth-order valence-corrected chi connectivity index (χ4v) is 1.16. The molecule has 0 radical (unpaired) electrons. The normalized spacial score (nSPS) is 15.2. The molecular formula is C8H15F6N2O+. The molecule has 17 heavy (non-hydrogen) atoms. The zero-order chi connectivity index (χ0) is 14.1. The van der Waals surface area contributed by atoms with Crippen LogP contribution in [0, 0.1) is 0 Å². The van der Waals surface area contributed by atoms with Gasteiger partial charge in [0.05, 0.1) is 21.1 Å². The Balaban J connectivity index is 5.15. The van der Waals surface area contributed by atoms with E-state index in [1.807, 2.05) is 0 Å². The van der Waals surface area contributed by atoms with Crippen molar-refractivity contribution in [2.75, 3.05) is 34.3 Å². The van der Waals surface area contributed by atoms with Crippen molar-refractivity contribution in [3.05, 3.63) is 0 Å². The van der Waals surface area contributed by atoms with Crippen molar-refractivity contribution < 1.29 is 35.7 Å². The van der Waals surface area contributed by atoms with Crippen LogP contribution in [-0.4, -0.2) is 56.5 Å². The van der Waals surface area contributed by atoms with Crippen molar-refractivity contribution in [2.24, 2.45) is 5.90 Å². The molecule has 0 saturated heterocycles. The molecule has 0 heterocycles. The molecule has 0 bridgehead atoms. The van der Waals surface area contributed by atoms with E-state index in [0.717, 1.165) is 0 Å². The molecule has 3 nitrogen and oxygen atoms in total. The highest BCUT2D eigenvalue weighted by molar-refractivity contribution is 4.96. The minimum atomic E-state index is -5.54. The first-order valence-electron chi connectivity index (χ1n) is 4.52. The van der Waals surface area contributed by atoms with E-state index in [1.165, 1.54) is 21.1 Å². The zero-order valence-corrected chi connectivity index (χ0v) is 9.61. The molecule has 0 aliphatic rings. The summed E-state index contributed by atoms with van der Waals surface area (Å²) in [5.74, 6) is -11.2. The van der Waals surface area contributed by atoms with Gasteiger partial charge in [0.2, 0.25) is 0 Å². The highest BCUT2D eigenvalue weighted by Crippen LogP contribution is 2.46. The first-order valence-corrected chi connectivity index (χ1v) is 4.52. The highest BCUT2D eigenvalue weighted by Gasteiger charge is 2.73. The van der Waals surface area contributed by atoms with Crippen LogP contribution in [0.15, 0.2) is 0 Å². The van der Waals surface area contributed by atoms with Crippen LogP contribution in [0.4, 0.5) is 26.3 Å². The lowest BCUT2D eigenvalue weighted by atomic mass is 10.0. The third-order valence-electron chi connectivity index (χ3n) is 1.86. The molecule has 0 spiro atoms. The quantitative estimate of drug-likeness (QED) is 0.450. The lowest BCUT2D eigenvalue weighted by Gasteiger charge is -2.36. The Morgan fingerprint density at radius 2 is 1.35 bits per heavy atom. The molecule has 0 aliphatic carbocycles. The van der Waals surface area contributed by atoms with E-state index in [1.54, 1.807) is 0 Å². The molecule has 9 heteroatoms. The second kappa shape index (κ2) is 4.62. The number of rotatable bonds is 6. The van der Waals surface area contributed by atoms with E-state index in [2.05, 4.69) is 10.7 Å². The van der Waals surface area contributed by atoms with Crippen molar-refractivity contribution in [1.29, 1.82) is 0 Å². The average Bonchev–Trinajstić information content (AvgIpc) is 1.98. The second-order valence-electron chi connectivity index (χ2n) is 4.74. The Hall–Kier alpha value is -0.540. The van der Waals surface area contributed by atoms with Crippen LogP contribution in [0.2, 0.25) is 0 Å². The molecule has 0 saturated carbocycles. The van der Waals surface area contributed by atoms with Crippen molar-refractivity contribution in [3.8, 4) is 0 Å². The van der Waals surface area contributed by atoms with Crippen LogP contribution < -0.4 is 5.90 Å². The van der Waals surface area contributed by atoms with Gasteiger partial charge in [0.15, 0.2) is 0 Å². The smallest absolute Gasteiger partial charge is 0.326 e. The maximum Gasteiger partial charge on any atom is 0.380 e. The molecule has 0 rings (SSSR count). The lowest BCUT2D eigenvalue weighted by Crippen LogP contribution is -2.62. The molecule has 0 aliphatic heterocycles.